The van der Waals surface area contributed by atoms with Gasteiger partial charge >= 0.3 is 6.09 Å². The Hall–Kier alpha value is -2.59. The Morgan fingerprint density at radius 2 is 2.13 bits per heavy atom. The van der Waals surface area contributed by atoms with E-state index in [0.29, 0.717) is 50.6 Å². The summed E-state index contributed by atoms with van der Waals surface area (Å²) < 4.78 is 4.97. The van der Waals surface area contributed by atoms with Crippen LogP contribution in [0.1, 0.15) is 12.5 Å². The van der Waals surface area contributed by atoms with Gasteiger partial charge in [-0.1, -0.05) is 6.07 Å². The van der Waals surface area contributed by atoms with Crippen LogP contribution in [0.2, 0.25) is 0 Å². The lowest BCUT2D eigenvalue weighted by Gasteiger charge is -2.31. The van der Waals surface area contributed by atoms with Gasteiger partial charge in [0.15, 0.2) is 6.54 Å². The van der Waals surface area contributed by atoms with Gasteiger partial charge in [-0.15, -0.1) is 0 Å². The highest BCUT2D eigenvalue weighted by Gasteiger charge is 2.25. The van der Waals surface area contributed by atoms with Crippen LogP contribution in [0.4, 0.5) is 10.5 Å². The molecule has 23 heavy (non-hydrogen) atoms. The summed E-state index contributed by atoms with van der Waals surface area (Å²) >= 11 is 0. The molecular formula is C16H21N4O3+. The number of hydrogen-bond acceptors (Lipinski definition) is 4. The van der Waals surface area contributed by atoms with E-state index >= 15 is 0 Å². The van der Waals surface area contributed by atoms with Crippen molar-refractivity contribution < 1.29 is 19.2 Å². The van der Waals surface area contributed by atoms with Gasteiger partial charge in [0.1, 0.15) is 0 Å². The molecule has 1 aromatic carbocycles. The SMILES string of the molecule is CCOC(=O)N1CC[NH+](CC(=O)Nc2cccc(C#N)c2)CC1. The Bertz CT molecular complexity index is 604. The van der Waals surface area contributed by atoms with Crippen LogP contribution in [0.15, 0.2) is 24.3 Å². The van der Waals surface area contributed by atoms with Crippen molar-refractivity contribution in [3.8, 4) is 6.07 Å². The molecule has 0 saturated carbocycles. The first kappa shape index (κ1) is 16.8. The summed E-state index contributed by atoms with van der Waals surface area (Å²) in [5.74, 6) is -0.0975. The van der Waals surface area contributed by atoms with E-state index in [1.807, 2.05) is 6.07 Å². The molecule has 0 bridgehead atoms. The Morgan fingerprint density at radius 3 is 2.78 bits per heavy atom. The standard InChI is InChI=1S/C16H20N4O3/c1-2-23-16(22)20-8-6-19(7-9-20)12-15(21)18-14-5-3-4-13(10-14)11-17/h3-5,10H,2,6-9,12H2,1H3,(H,18,21)/p+1. The van der Waals surface area contributed by atoms with E-state index < -0.39 is 0 Å². The van der Waals surface area contributed by atoms with E-state index in [-0.39, 0.29) is 12.0 Å². The number of nitrogens with one attached hydrogen (secondary N) is 2. The van der Waals surface area contributed by atoms with Crippen molar-refractivity contribution in [1.29, 1.82) is 5.26 Å². The molecule has 0 unspecified atom stereocenters. The summed E-state index contributed by atoms with van der Waals surface area (Å²) in [6.07, 6.45) is -0.288. The molecule has 0 aromatic heterocycles. The number of anilines is 1. The van der Waals surface area contributed by atoms with E-state index in [1.165, 1.54) is 0 Å². The average molecular weight is 317 g/mol. The molecular weight excluding hydrogens is 296 g/mol. The molecule has 2 N–H and O–H groups in total. The van der Waals surface area contributed by atoms with Crippen molar-refractivity contribution in [3.05, 3.63) is 29.8 Å². The molecule has 122 valence electrons. The number of nitrogens with zero attached hydrogens (tertiary/aromatic N) is 2. The third-order valence-electron chi connectivity index (χ3n) is 3.68. The fourth-order valence-electron chi connectivity index (χ4n) is 2.50. The van der Waals surface area contributed by atoms with Crippen molar-refractivity contribution in [1.82, 2.24) is 4.90 Å². The van der Waals surface area contributed by atoms with Crippen LogP contribution in [0.5, 0.6) is 0 Å². The topological polar surface area (TPSA) is 86.9 Å². The number of ether oxygens (including phenoxy) is 1. The van der Waals surface area contributed by atoms with Gasteiger partial charge in [-0.05, 0) is 25.1 Å². The van der Waals surface area contributed by atoms with Crippen LogP contribution in [0.3, 0.4) is 0 Å². The number of nitriles is 1. The predicted octanol–water partition coefficient (Wildman–Crippen LogP) is -0.146. The van der Waals surface area contributed by atoms with Gasteiger partial charge < -0.3 is 15.0 Å². The first-order chi connectivity index (χ1) is 11.1. The molecule has 1 fully saturated rings. The highest BCUT2D eigenvalue weighted by atomic mass is 16.6. The second-order valence-corrected chi connectivity index (χ2v) is 5.35. The van der Waals surface area contributed by atoms with Crippen LogP contribution >= 0.6 is 0 Å². The summed E-state index contributed by atoms with van der Waals surface area (Å²) in [6.45, 7) is 5.10. The van der Waals surface area contributed by atoms with E-state index in [4.69, 9.17) is 10.00 Å². The maximum atomic E-state index is 12.1. The molecule has 1 aliphatic heterocycles. The Balaban J connectivity index is 1.78. The number of hydrogen-bond donors (Lipinski definition) is 2. The zero-order valence-corrected chi connectivity index (χ0v) is 13.2. The molecule has 0 aliphatic carbocycles. The summed E-state index contributed by atoms with van der Waals surface area (Å²) in [6, 6.07) is 8.87. The van der Waals surface area contributed by atoms with Gasteiger partial charge in [0, 0.05) is 5.69 Å². The first-order valence-corrected chi connectivity index (χ1v) is 7.67. The second kappa shape index (κ2) is 8.15. The molecule has 7 nitrogen and oxygen atoms in total. The first-order valence-electron chi connectivity index (χ1n) is 7.67. The summed E-state index contributed by atoms with van der Waals surface area (Å²) in [5, 5.41) is 11.7. The molecule has 7 heteroatoms. The molecule has 0 spiro atoms. The van der Waals surface area contributed by atoms with Gasteiger partial charge in [-0.25, -0.2) is 4.79 Å². The van der Waals surface area contributed by atoms with Crippen LogP contribution in [0, 0.1) is 11.3 Å². The highest BCUT2D eigenvalue weighted by Crippen LogP contribution is 2.09. The molecule has 0 radical (unpaired) electrons. The molecule has 1 heterocycles. The lowest BCUT2D eigenvalue weighted by Crippen LogP contribution is -3.15. The molecule has 1 aromatic rings. The third-order valence-corrected chi connectivity index (χ3v) is 3.68. The van der Waals surface area contributed by atoms with E-state index in [1.54, 1.807) is 36.1 Å². The van der Waals surface area contributed by atoms with E-state index in [0.717, 1.165) is 4.90 Å². The van der Waals surface area contributed by atoms with Gasteiger partial charge in [-0.3, -0.25) is 9.69 Å². The number of quaternary nitrogens is 1. The molecule has 2 rings (SSSR count). The Kier molecular flexibility index (Phi) is 5.94. The average Bonchev–Trinajstić information content (AvgIpc) is 2.55. The van der Waals surface area contributed by atoms with Gasteiger partial charge in [-0.2, -0.15) is 5.26 Å². The fraction of sp³-hybridized carbons (Fsp3) is 0.438. The third kappa shape index (κ3) is 4.97. The number of carbonyl (C=O) groups excluding carboxylic acids is 2. The summed E-state index contributed by atoms with van der Waals surface area (Å²) in [5.41, 5.74) is 1.14. The number of piperazine rings is 1. The zero-order valence-electron chi connectivity index (χ0n) is 13.2. The smallest absolute Gasteiger partial charge is 0.410 e. The zero-order chi connectivity index (χ0) is 16.7. The lowest BCUT2D eigenvalue weighted by molar-refractivity contribution is -0.895. The van der Waals surface area contributed by atoms with E-state index in [9.17, 15) is 9.59 Å². The van der Waals surface area contributed by atoms with Crippen LogP contribution in [-0.4, -0.2) is 56.2 Å². The number of benzene rings is 1. The predicted molar refractivity (Wildman–Crippen MR) is 83.9 cm³/mol. The van der Waals surface area contributed by atoms with Crippen LogP contribution in [0.25, 0.3) is 0 Å². The molecule has 1 saturated heterocycles. The number of rotatable bonds is 4. The normalized spacial score (nSPS) is 14.9. The quantitative estimate of drug-likeness (QED) is 0.809. The second-order valence-electron chi connectivity index (χ2n) is 5.35. The van der Waals surface area contributed by atoms with Crippen molar-refractivity contribution in [2.45, 2.75) is 6.92 Å². The highest BCUT2D eigenvalue weighted by molar-refractivity contribution is 5.91. The van der Waals surface area contributed by atoms with Crippen molar-refractivity contribution in [2.24, 2.45) is 0 Å². The minimum Gasteiger partial charge on any atom is -0.450 e. The van der Waals surface area contributed by atoms with Crippen LogP contribution < -0.4 is 10.2 Å². The van der Waals surface area contributed by atoms with E-state index in [2.05, 4.69) is 5.32 Å². The molecule has 2 amide bonds. The molecule has 1 aliphatic rings. The van der Waals surface area contributed by atoms with Crippen molar-refractivity contribution >= 4 is 17.7 Å². The minimum atomic E-state index is -0.288. The summed E-state index contributed by atoms with van der Waals surface area (Å²) in [4.78, 5) is 26.5. The fourth-order valence-corrected chi connectivity index (χ4v) is 2.50. The summed E-state index contributed by atoms with van der Waals surface area (Å²) in [7, 11) is 0. The van der Waals surface area contributed by atoms with Crippen LogP contribution in [-0.2, 0) is 9.53 Å². The maximum Gasteiger partial charge on any atom is 0.410 e. The molecule has 0 atom stereocenters. The van der Waals surface area contributed by atoms with Gasteiger partial charge in [0.25, 0.3) is 5.91 Å². The van der Waals surface area contributed by atoms with Crippen molar-refractivity contribution in [3.63, 3.8) is 0 Å². The Morgan fingerprint density at radius 1 is 1.39 bits per heavy atom. The maximum absolute atomic E-state index is 12.1. The number of amides is 2. The Labute approximate surface area is 135 Å². The lowest BCUT2D eigenvalue weighted by atomic mass is 10.2. The van der Waals surface area contributed by atoms with Gasteiger partial charge in [0.05, 0.1) is 44.4 Å². The van der Waals surface area contributed by atoms with Crippen molar-refractivity contribution in [2.75, 3.05) is 44.6 Å². The largest absolute Gasteiger partial charge is 0.450 e. The minimum absolute atomic E-state index is 0.0975. The monoisotopic (exact) mass is 317 g/mol. The van der Waals surface area contributed by atoms with Gasteiger partial charge in [0.2, 0.25) is 0 Å². The number of carbonyl (C=O) groups is 2.